The van der Waals surface area contributed by atoms with E-state index in [0.29, 0.717) is 12.0 Å². The highest BCUT2D eigenvalue weighted by Gasteiger charge is 2.31. The molecule has 2 atom stereocenters. The maximum Gasteiger partial charge on any atom is 0.339 e. The van der Waals surface area contributed by atoms with E-state index < -0.39 is 6.10 Å². The third-order valence-corrected chi connectivity index (χ3v) is 2.98. The molecular weight excluding hydrogens is 194 g/mol. The monoisotopic (exact) mass is 207 g/mol. The van der Waals surface area contributed by atoms with Gasteiger partial charge in [0.2, 0.25) is 0 Å². The van der Waals surface area contributed by atoms with Crippen LogP contribution in [0.1, 0.15) is 34.3 Å². The molecule has 0 spiro atoms. The summed E-state index contributed by atoms with van der Waals surface area (Å²) in [4.78, 5) is 15.4. The fourth-order valence-corrected chi connectivity index (χ4v) is 2.00. The van der Waals surface area contributed by atoms with Crippen molar-refractivity contribution in [1.82, 2.24) is 4.98 Å². The largest absolute Gasteiger partial charge is 0.465 e. The zero-order chi connectivity index (χ0) is 11.0. The van der Waals surface area contributed by atoms with E-state index in [-0.39, 0.29) is 11.9 Å². The summed E-state index contributed by atoms with van der Waals surface area (Å²) in [6.07, 6.45) is 3.29. The first-order chi connectivity index (χ1) is 7.15. The first-order valence-electron chi connectivity index (χ1n) is 4.88. The van der Waals surface area contributed by atoms with Crippen LogP contribution in [0, 0.1) is 0 Å². The van der Waals surface area contributed by atoms with Crippen LogP contribution in [0.25, 0.3) is 0 Å². The molecule has 1 aliphatic rings. The number of aromatic nitrogens is 1. The average molecular weight is 207 g/mol. The topological polar surface area (TPSA) is 59.4 Å². The number of carbonyl (C=O) groups excluding carboxylic acids is 1. The number of hydrogen-bond acceptors (Lipinski definition) is 4. The third kappa shape index (κ3) is 1.51. The summed E-state index contributed by atoms with van der Waals surface area (Å²) in [5.41, 5.74) is 2.29. The van der Waals surface area contributed by atoms with Gasteiger partial charge < -0.3 is 9.84 Å². The number of esters is 1. The number of hydrogen-bond donors (Lipinski definition) is 1. The number of aliphatic hydroxyl groups excluding tert-OH is 1. The van der Waals surface area contributed by atoms with Crippen LogP contribution in [0.5, 0.6) is 0 Å². The van der Waals surface area contributed by atoms with Crippen molar-refractivity contribution in [3.63, 3.8) is 0 Å². The Kier molecular flexibility index (Phi) is 2.44. The first-order valence-corrected chi connectivity index (χ1v) is 4.88. The van der Waals surface area contributed by atoms with Gasteiger partial charge in [0.15, 0.2) is 0 Å². The Morgan fingerprint density at radius 3 is 3.00 bits per heavy atom. The van der Waals surface area contributed by atoms with Crippen LogP contribution < -0.4 is 0 Å². The Hall–Kier alpha value is -1.42. The van der Waals surface area contributed by atoms with E-state index >= 15 is 0 Å². The highest BCUT2D eigenvalue weighted by atomic mass is 16.5. The number of rotatable bonds is 1. The molecule has 0 saturated heterocycles. The minimum Gasteiger partial charge on any atom is -0.465 e. The highest BCUT2D eigenvalue weighted by Crippen LogP contribution is 2.34. The number of nitrogens with zero attached hydrogens (tertiary/aromatic N) is 1. The van der Waals surface area contributed by atoms with Crippen molar-refractivity contribution in [3.05, 3.63) is 29.1 Å². The highest BCUT2D eigenvalue weighted by molar-refractivity contribution is 5.91. The van der Waals surface area contributed by atoms with Gasteiger partial charge in [-0.2, -0.15) is 0 Å². The van der Waals surface area contributed by atoms with E-state index in [4.69, 9.17) is 0 Å². The molecule has 0 aliphatic heterocycles. The average Bonchev–Trinajstić information content (AvgIpc) is 2.54. The van der Waals surface area contributed by atoms with Gasteiger partial charge in [0, 0.05) is 24.7 Å². The maximum absolute atomic E-state index is 11.4. The van der Waals surface area contributed by atoms with Crippen LogP contribution in [0.15, 0.2) is 12.4 Å². The first kappa shape index (κ1) is 10.1. The molecular formula is C11H13NO3. The molecule has 0 radical (unpaired) electrons. The molecule has 1 aliphatic carbocycles. The Labute approximate surface area is 87.9 Å². The van der Waals surface area contributed by atoms with Crippen molar-refractivity contribution in [1.29, 1.82) is 0 Å². The molecule has 0 aromatic carbocycles. The van der Waals surface area contributed by atoms with E-state index in [1.807, 2.05) is 6.92 Å². The Balaban J connectivity index is 2.49. The lowest BCUT2D eigenvalue weighted by Gasteiger charge is -2.07. The summed E-state index contributed by atoms with van der Waals surface area (Å²) in [5.74, 6) is -0.349. The molecule has 2 rings (SSSR count). The molecule has 0 fully saturated rings. The van der Waals surface area contributed by atoms with Crippen molar-refractivity contribution < 1.29 is 14.6 Å². The Bertz CT molecular complexity index is 403. The minimum absolute atomic E-state index is 0.0390. The Morgan fingerprint density at radius 1 is 1.60 bits per heavy atom. The summed E-state index contributed by atoms with van der Waals surface area (Å²) < 4.78 is 4.67. The normalized spacial score (nSPS) is 23.7. The summed E-state index contributed by atoms with van der Waals surface area (Å²) in [6.45, 7) is 1.93. The second-order valence-corrected chi connectivity index (χ2v) is 3.81. The fraction of sp³-hybridized carbons (Fsp3) is 0.455. The number of carbonyl (C=O) groups is 1. The summed E-state index contributed by atoms with van der Waals surface area (Å²) in [5, 5.41) is 9.72. The zero-order valence-corrected chi connectivity index (χ0v) is 8.73. The molecule has 15 heavy (non-hydrogen) atoms. The molecule has 0 amide bonds. The second kappa shape index (κ2) is 3.62. The standard InChI is InChI=1S/C11H13NO3/c1-6-8-4-12-5-9(11(14)15-2)7(8)3-10(6)13/h4-6,10,13H,3H2,1-2H3/t6?,10-/m0/s1. The predicted molar refractivity (Wildman–Crippen MR) is 53.7 cm³/mol. The number of methoxy groups -OCH3 is 1. The smallest absolute Gasteiger partial charge is 0.339 e. The van der Waals surface area contributed by atoms with Gasteiger partial charge in [-0.1, -0.05) is 6.92 Å². The van der Waals surface area contributed by atoms with Crippen molar-refractivity contribution in [2.45, 2.75) is 25.4 Å². The van der Waals surface area contributed by atoms with Crippen LogP contribution in [0.4, 0.5) is 0 Å². The lowest BCUT2D eigenvalue weighted by atomic mass is 10.0. The van der Waals surface area contributed by atoms with Crippen molar-refractivity contribution in [2.24, 2.45) is 0 Å². The summed E-state index contributed by atoms with van der Waals surface area (Å²) in [6, 6.07) is 0. The van der Waals surface area contributed by atoms with Gasteiger partial charge in [-0.05, 0) is 11.1 Å². The molecule has 4 heteroatoms. The molecule has 1 unspecified atom stereocenters. The molecule has 1 N–H and O–H groups in total. The zero-order valence-electron chi connectivity index (χ0n) is 8.73. The van der Waals surface area contributed by atoms with Gasteiger partial charge in [-0.3, -0.25) is 4.98 Å². The summed E-state index contributed by atoms with van der Waals surface area (Å²) in [7, 11) is 1.34. The predicted octanol–water partition coefficient (Wildman–Crippen LogP) is 0.889. The van der Waals surface area contributed by atoms with E-state index in [2.05, 4.69) is 9.72 Å². The van der Waals surface area contributed by atoms with Crippen LogP contribution in [-0.4, -0.2) is 29.3 Å². The minimum atomic E-state index is -0.424. The summed E-state index contributed by atoms with van der Waals surface area (Å²) >= 11 is 0. The SMILES string of the molecule is COC(=O)c1cncc2c1C[C@H](O)C2C. The number of fused-ring (bicyclic) bond motifs is 1. The lowest BCUT2D eigenvalue weighted by molar-refractivity contribution is 0.0599. The van der Waals surface area contributed by atoms with Crippen LogP contribution in [0.3, 0.4) is 0 Å². The number of ether oxygens (including phenoxy) is 1. The van der Waals surface area contributed by atoms with Crippen LogP contribution >= 0.6 is 0 Å². The van der Waals surface area contributed by atoms with E-state index in [1.54, 1.807) is 6.20 Å². The number of pyridine rings is 1. The molecule has 4 nitrogen and oxygen atoms in total. The fourth-order valence-electron chi connectivity index (χ4n) is 2.00. The van der Waals surface area contributed by atoms with E-state index in [1.165, 1.54) is 13.3 Å². The van der Waals surface area contributed by atoms with E-state index in [0.717, 1.165) is 11.1 Å². The van der Waals surface area contributed by atoms with Crippen LogP contribution in [-0.2, 0) is 11.2 Å². The lowest BCUT2D eigenvalue weighted by Crippen LogP contribution is -2.09. The Morgan fingerprint density at radius 2 is 2.33 bits per heavy atom. The molecule has 0 bridgehead atoms. The molecule has 0 saturated carbocycles. The van der Waals surface area contributed by atoms with Gasteiger partial charge in [0.05, 0.1) is 18.8 Å². The van der Waals surface area contributed by atoms with Crippen molar-refractivity contribution >= 4 is 5.97 Å². The van der Waals surface area contributed by atoms with Crippen LogP contribution in [0.2, 0.25) is 0 Å². The third-order valence-electron chi connectivity index (χ3n) is 2.98. The number of aliphatic hydroxyl groups is 1. The van der Waals surface area contributed by atoms with Gasteiger partial charge in [-0.15, -0.1) is 0 Å². The van der Waals surface area contributed by atoms with E-state index in [9.17, 15) is 9.90 Å². The van der Waals surface area contributed by atoms with Gasteiger partial charge in [0.25, 0.3) is 0 Å². The van der Waals surface area contributed by atoms with Gasteiger partial charge >= 0.3 is 5.97 Å². The van der Waals surface area contributed by atoms with Gasteiger partial charge in [-0.25, -0.2) is 4.79 Å². The second-order valence-electron chi connectivity index (χ2n) is 3.81. The van der Waals surface area contributed by atoms with Gasteiger partial charge in [0.1, 0.15) is 0 Å². The molecule has 1 aromatic heterocycles. The molecule has 80 valence electrons. The van der Waals surface area contributed by atoms with Crippen molar-refractivity contribution in [3.8, 4) is 0 Å². The van der Waals surface area contributed by atoms with Crippen molar-refractivity contribution in [2.75, 3.05) is 7.11 Å². The molecule has 1 heterocycles. The molecule has 1 aromatic rings. The quantitative estimate of drug-likeness (QED) is 0.695. The maximum atomic E-state index is 11.4.